The highest BCUT2D eigenvalue weighted by Gasteiger charge is 2.46. The Balaban J connectivity index is 1.07. The highest BCUT2D eigenvalue weighted by atomic mass is 31.3. The van der Waals surface area contributed by atoms with Crippen molar-refractivity contribution in [2.75, 3.05) is 18.9 Å². The minimum absolute atomic E-state index is 0.0293. The number of phosphoric acid groups is 2. The van der Waals surface area contributed by atoms with Crippen molar-refractivity contribution in [1.82, 2.24) is 39.0 Å². The molecule has 2 unspecified atom stereocenters. The number of H-pyrrole nitrogens is 1. The summed E-state index contributed by atoms with van der Waals surface area (Å²) in [5.74, 6) is -0.212. The summed E-state index contributed by atoms with van der Waals surface area (Å²) in [4.78, 5) is 66.6. The number of nitrogens with zero attached hydrogens (tertiary/aromatic N) is 7. The summed E-state index contributed by atoms with van der Waals surface area (Å²) < 4.78 is 46.6. The fraction of sp³-hybridized carbons (Fsp3) is 0.444. The van der Waals surface area contributed by atoms with Crippen molar-refractivity contribution >= 4 is 43.7 Å². The second-order valence-electron chi connectivity index (χ2n) is 12.1. The lowest BCUT2D eigenvalue weighted by molar-refractivity contribution is -0.0794. The summed E-state index contributed by atoms with van der Waals surface area (Å²) >= 11 is 0. The van der Waals surface area contributed by atoms with E-state index < -0.39 is 89.5 Å². The van der Waals surface area contributed by atoms with E-state index in [1.54, 1.807) is 26.0 Å². The molecular formula is C27H33N9O15P2. The molecule has 0 amide bonds. The van der Waals surface area contributed by atoms with E-state index in [1.807, 2.05) is 4.98 Å². The van der Waals surface area contributed by atoms with E-state index >= 15 is 0 Å². The molecule has 1 aromatic carbocycles. The number of aliphatic hydroxyl groups excluding tert-OH is 5. The van der Waals surface area contributed by atoms with Gasteiger partial charge in [-0.1, -0.05) is 0 Å². The van der Waals surface area contributed by atoms with Gasteiger partial charge in [0.25, 0.3) is 5.56 Å². The van der Waals surface area contributed by atoms with Gasteiger partial charge in [0.15, 0.2) is 29.2 Å². The van der Waals surface area contributed by atoms with Gasteiger partial charge in [0, 0.05) is 0 Å². The summed E-state index contributed by atoms with van der Waals surface area (Å²) in [5, 5.41) is 53.0. The number of fused-ring (bicyclic) bond motifs is 3. The van der Waals surface area contributed by atoms with E-state index in [-0.39, 0.29) is 34.0 Å². The first-order valence-electron chi connectivity index (χ1n) is 15.4. The molecule has 3 aromatic rings. The Labute approximate surface area is 295 Å². The number of benzene rings is 1. The lowest BCUT2D eigenvalue weighted by Gasteiger charge is -2.26. The van der Waals surface area contributed by atoms with E-state index in [0.29, 0.717) is 5.52 Å². The Morgan fingerprint density at radius 1 is 0.981 bits per heavy atom. The minimum atomic E-state index is -5.54. The van der Waals surface area contributed by atoms with Crippen LogP contribution in [0.3, 0.4) is 0 Å². The van der Waals surface area contributed by atoms with Crippen LogP contribution < -0.4 is 17.0 Å². The molecule has 286 valence electrons. The number of rotatable bonds is 13. The number of phosphoric ester groups is 2. The first-order valence-corrected chi connectivity index (χ1v) is 18.4. The molecule has 10 N–H and O–H groups in total. The number of anilines is 1. The smallest absolute Gasteiger partial charge is 0.388 e. The van der Waals surface area contributed by atoms with Crippen molar-refractivity contribution in [3.8, 4) is 11.5 Å². The number of hydrogen-bond acceptors (Lipinski definition) is 19. The number of nitrogen functional groups attached to an aromatic ring is 1. The number of aryl methyl sites for hydroxylation is 2. The molecular weight excluding hydrogens is 752 g/mol. The quantitative estimate of drug-likeness (QED) is 0.0443. The SMILES string of the molecule is Cc1cc2nc3c(=O)[nH]c(=O)nc-3n(C[C@H](O)[C@H](O)[C@H](O)COP(=O)(O)OP(=O)(O)OC[C@H]3O[C@H](n4cnc5c(N)ncnc54)[C@H](O)[C@@H]3O)c2cc1C. The summed E-state index contributed by atoms with van der Waals surface area (Å²) in [6.45, 7) is 0.795. The number of aliphatic hydroxyl groups is 5. The molecule has 1 saturated heterocycles. The molecule has 0 saturated carbocycles. The Morgan fingerprint density at radius 3 is 2.42 bits per heavy atom. The first kappa shape index (κ1) is 38.6. The van der Waals surface area contributed by atoms with Gasteiger partial charge in [0.1, 0.15) is 48.5 Å². The first-order chi connectivity index (χ1) is 24.9. The zero-order valence-electron chi connectivity index (χ0n) is 27.5. The average molecular weight is 786 g/mol. The molecule has 0 bridgehead atoms. The monoisotopic (exact) mass is 785 g/mol. The van der Waals surface area contributed by atoms with Crippen LogP contribution in [0.15, 0.2) is 34.4 Å². The third-order valence-corrected chi connectivity index (χ3v) is 11.0. The number of imidazole rings is 1. The Bertz CT molecular complexity index is 2350. The standard InChI is InChI=1S/C27H33N9O15P2/c1-10-3-12-13(4-11(10)2)35(24-18(32-12)25(42)34-27(43)33-24)5-14(37)19(39)15(38)6-48-52(44,45)51-53(46,47)49-7-16-20(40)21(41)26(50-16)36-9-31-17-22(28)29-8-30-23(17)36/h3-4,8-9,14-16,19-21,26,37-41H,5-7H2,1-2H3,(H,44,45)(H,46,47)(H2,28,29,30)(H,34,42,43)/t14-,15+,16+,19-,20+,21+,26-/m0/s1. The Hall–Kier alpha value is -4.13. The lowest BCUT2D eigenvalue weighted by atomic mass is 10.1. The van der Waals surface area contributed by atoms with Crippen molar-refractivity contribution in [3.63, 3.8) is 0 Å². The van der Waals surface area contributed by atoms with Crippen molar-refractivity contribution < 1.29 is 62.5 Å². The molecule has 1 fully saturated rings. The third kappa shape index (κ3) is 7.91. The van der Waals surface area contributed by atoms with Crippen LogP contribution in [-0.4, -0.2) is 124 Å². The maximum Gasteiger partial charge on any atom is 0.481 e. The zero-order chi connectivity index (χ0) is 38.6. The Morgan fingerprint density at radius 2 is 1.68 bits per heavy atom. The van der Waals surface area contributed by atoms with Gasteiger partial charge in [-0.3, -0.25) is 23.4 Å². The van der Waals surface area contributed by atoms with Gasteiger partial charge in [-0.25, -0.2) is 33.9 Å². The molecule has 53 heavy (non-hydrogen) atoms. The van der Waals surface area contributed by atoms with Crippen LogP contribution in [-0.2, 0) is 33.8 Å². The second kappa shape index (κ2) is 14.6. The summed E-state index contributed by atoms with van der Waals surface area (Å²) in [6, 6.07) is 3.29. The number of ether oxygens (including phenoxy) is 1. The molecule has 3 aliphatic rings. The molecule has 9 atom stereocenters. The van der Waals surface area contributed by atoms with Crippen molar-refractivity contribution in [2.45, 2.75) is 63.2 Å². The van der Waals surface area contributed by atoms with Crippen LogP contribution >= 0.6 is 15.6 Å². The van der Waals surface area contributed by atoms with Gasteiger partial charge in [-0.2, -0.15) is 9.29 Å². The van der Waals surface area contributed by atoms with Gasteiger partial charge in [0.2, 0.25) is 0 Å². The van der Waals surface area contributed by atoms with E-state index in [0.717, 1.165) is 17.5 Å². The highest BCUT2D eigenvalue weighted by molar-refractivity contribution is 7.61. The van der Waals surface area contributed by atoms with Gasteiger partial charge in [0.05, 0.1) is 37.1 Å². The van der Waals surface area contributed by atoms with Crippen molar-refractivity contribution in [1.29, 1.82) is 0 Å². The molecule has 24 nitrogen and oxygen atoms in total. The molecule has 0 radical (unpaired) electrons. The second-order valence-corrected chi connectivity index (χ2v) is 15.1. The summed E-state index contributed by atoms with van der Waals surface area (Å²) in [6.07, 6.45) is -9.93. The zero-order valence-corrected chi connectivity index (χ0v) is 29.3. The van der Waals surface area contributed by atoms with Crippen LogP contribution in [0.5, 0.6) is 0 Å². The predicted molar refractivity (Wildman–Crippen MR) is 177 cm³/mol. The van der Waals surface area contributed by atoms with Crippen LogP contribution in [0.25, 0.3) is 33.7 Å². The topological polar surface area (TPSA) is 363 Å². The lowest BCUT2D eigenvalue weighted by Crippen LogP contribution is -2.42. The fourth-order valence-corrected chi connectivity index (χ4v) is 7.65. The number of nitrogens with two attached hydrogens (primary N) is 1. The van der Waals surface area contributed by atoms with Crippen LogP contribution in [0.4, 0.5) is 5.82 Å². The van der Waals surface area contributed by atoms with E-state index in [2.05, 4.69) is 33.8 Å². The summed E-state index contributed by atoms with van der Waals surface area (Å²) in [5.41, 5.74) is 6.11. The highest BCUT2D eigenvalue weighted by Crippen LogP contribution is 2.60. The average Bonchev–Trinajstić information content (AvgIpc) is 3.63. The number of nitrogens with one attached hydrogen (secondary N) is 1. The van der Waals surface area contributed by atoms with Crippen LogP contribution in [0.2, 0.25) is 0 Å². The summed E-state index contributed by atoms with van der Waals surface area (Å²) in [7, 11) is -11.0. The molecule has 6 rings (SSSR count). The normalized spacial score (nSPS) is 23.3. The molecule has 0 aliphatic carbocycles. The largest absolute Gasteiger partial charge is 0.481 e. The van der Waals surface area contributed by atoms with Crippen molar-refractivity contribution in [3.05, 3.63) is 56.8 Å². The van der Waals surface area contributed by atoms with Crippen LogP contribution in [0, 0.1) is 13.8 Å². The van der Waals surface area contributed by atoms with Gasteiger partial charge in [-0.15, -0.1) is 0 Å². The molecule has 26 heteroatoms. The molecule has 2 aromatic heterocycles. The van der Waals surface area contributed by atoms with E-state index in [1.165, 1.54) is 15.5 Å². The maximum atomic E-state index is 12.5. The van der Waals surface area contributed by atoms with Gasteiger partial charge < -0.3 is 50.4 Å². The molecule has 3 aliphatic heterocycles. The predicted octanol–water partition coefficient (Wildman–Crippen LogP) is -2.42. The van der Waals surface area contributed by atoms with Crippen molar-refractivity contribution in [2.24, 2.45) is 0 Å². The Kier molecular flexibility index (Phi) is 10.6. The number of hydrogen-bond donors (Lipinski definition) is 9. The molecule has 0 spiro atoms. The third-order valence-electron chi connectivity index (χ3n) is 8.40. The number of aromatic amines is 1. The van der Waals surface area contributed by atoms with E-state index in [4.69, 9.17) is 15.0 Å². The van der Waals surface area contributed by atoms with Gasteiger partial charge in [-0.05, 0) is 37.1 Å². The van der Waals surface area contributed by atoms with Crippen LogP contribution in [0.1, 0.15) is 17.4 Å². The number of aromatic nitrogens is 8. The fourth-order valence-electron chi connectivity index (χ4n) is 5.55. The minimum Gasteiger partial charge on any atom is -0.388 e. The maximum absolute atomic E-state index is 12.5. The van der Waals surface area contributed by atoms with Gasteiger partial charge >= 0.3 is 21.3 Å². The van der Waals surface area contributed by atoms with E-state index in [9.17, 15) is 54.0 Å². The molecule has 5 heterocycles.